The maximum atomic E-state index is 11.4. The van der Waals surface area contributed by atoms with Crippen molar-refractivity contribution in [1.29, 1.82) is 0 Å². The van der Waals surface area contributed by atoms with E-state index in [-0.39, 0.29) is 11.9 Å². The van der Waals surface area contributed by atoms with E-state index < -0.39 is 0 Å². The number of primary amides is 1. The maximum Gasteiger partial charge on any atom is 0.247 e. The first-order chi connectivity index (χ1) is 10.1. The Balaban J connectivity index is 1.75. The highest BCUT2D eigenvalue weighted by molar-refractivity contribution is 5.80. The van der Waals surface area contributed by atoms with Gasteiger partial charge in [0, 0.05) is 5.56 Å². The number of aromatic nitrogens is 2. The standard InChI is InChI=1S/C15H18N4O2/c1-10-4-2-5-11(8-10)15-18-17-13(21-15)9-19-7-3-6-12(19)14(16)20/h2,4-5,8,12H,3,6-7,9H2,1H3,(H2,16,20)/t12-/m0/s1. The first-order valence-corrected chi connectivity index (χ1v) is 7.06. The number of aryl methyl sites for hydroxylation is 1. The number of rotatable bonds is 4. The number of hydrogen-bond donors (Lipinski definition) is 1. The Morgan fingerprint density at radius 1 is 1.48 bits per heavy atom. The monoisotopic (exact) mass is 286 g/mol. The molecule has 3 rings (SSSR count). The van der Waals surface area contributed by atoms with Crippen LogP contribution >= 0.6 is 0 Å². The summed E-state index contributed by atoms with van der Waals surface area (Å²) in [5.41, 5.74) is 7.45. The maximum absolute atomic E-state index is 11.4. The number of nitrogens with zero attached hydrogens (tertiary/aromatic N) is 3. The Hall–Kier alpha value is -2.21. The van der Waals surface area contributed by atoms with Gasteiger partial charge in [0.15, 0.2) is 0 Å². The lowest BCUT2D eigenvalue weighted by Crippen LogP contribution is -2.39. The van der Waals surface area contributed by atoms with Crippen molar-refractivity contribution in [2.24, 2.45) is 5.73 Å². The van der Waals surface area contributed by atoms with Crippen LogP contribution in [0.3, 0.4) is 0 Å². The van der Waals surface area contributed by atoms with Crippen molar-refractivity contribution in [2.75, 3.05) is 6.54 Å². The van der Waals surface area contributed by atoms with Gasteiger partial charge in [-0.2, -0.15) is 0 Å². The fraction of sp³-hybridized carbons (Fsp3) is 0.400. The smallest absolute Gasteiger partial charge is 0.247 e. The lowest BCUT2D eigenvalue weighted by molar-refractivity contribution is -0.122. The topological polar surface area (TPSA) is 85.3 Å². The zero-order chi connectivity index (χ0) is 14.8. The molecule has 0 aliphatic carbocycles. The van der Waals surface area contributed by atoms with Gasteiger partial charge >= 0.3 is 0 Å². The van der Waals surface area contributed by atoms with E-state index in [1.165, 1.54) is 0 Å². The van der Waals surface area contributed by atoms with Gasteiger partial charge in [-0.15, -0.1) is 10.2 Å². The molecule has 0 bridgehead atoms. The minimum atomic E-state index is -0.286. The van der Waals surface area contributed by atoms with E-state index in [4.69, 9.17) is 10.2 Å². The van der Waals surface area contributed by atoms with Gasteiger partial charge in [0.1, 0.15) is 0 Å². The molecule has 0 unspecified atom stereocenters. The van der Waals surface area contributed by atoms with Gasteiger partial charge in [-0.05, 0) is 38.4 Å². The second kappa shape index (κ2) is 5.65. The molecule has 0 spiro atoms. The van der Waals surface area contributed by atoms with E-state index in [1.54, 1.807) is 0 Å². The van der Waals surface area contributed by atoms with E-state index in [0.29, 0.717) is 18.3 Å². The summed E-state index contributed by atoms with van der Waals surface area (Å²) in [6, 6.07) is 7.69. The second-order valence-electron chi connectivity index (χ2n) is 5.40. The molecule has 0 radical (unpaired) electrons. The molecule has 1 fully saturated rings. The third kappa shape index (κ3) is 2.95. The predicted octanol–water partition coefficient (Wildman–Crippen LogP) is 1.49. The van der Waals surface area contributed by atoms with Crippen LogP contribution in [0, 0.1) is 6.92 Å². The van der Waals surface area contributed by atoms with Gasteiger partial charge in [-0.25, -0.2) is 0 Å². The largest absolute Gasteiger partial charge is 0.419 e. The minimum absolute atomic E-state index is 0.223. The number of amides is 1. The molecule has 1 amide bonds. The van der Waals surface area contributed by atoms with Crippen LogP contribution < -0.4 is 5.73 Å². The highest BCUT2D eigenvalue weighted by Gasteiger charge is 2.30. The molecule has 6 heteroatoms. The Kier molecular flexibility index (Phi) is 3.70. The molecule has 110 valence electrons. The highest BCUT2D eigenvalue weighted by atomic mass is 16.4. The number of carbonyl (C=O) groups is 1. The van der Waals surface area contributed by atoms with Crippen LogP contribution in [0.15, 0.2) is 28.7 Å². The average Bonchev–Trinajstić information content (AvgIpc) is 3.08. The van der Waals surface area contributed by atoms with Crippen molar-refractivity contribution < 1.29 is 9.21 Å². The Labute approximate surface area is 123 Å². The van der Waals surface area contributed by atoms with Gasteiger partial charge in [0.2, 0.25) is 17.7 Å². The Bertz CT molecular complexity index is 653. The summed E-state index contributed by atoms with van der Waals surface area (Å²) >= 11 is 0. The Morgan fingerprint density at radius 3 is 3.10 bits per heavy atom. The first kappa shape index (κ1) is 13.8. The van der Waals surface area contributed by atoms with E-state index in [2.05, 4.69) is 10.2 Å². The lowest BCUT2D eigenvalue weighted by atomic mass is 10.1. The average molecular weight is 286 g/mol. The molecule has 0 saturated carbocycles. The van der Waals surface area contributed by atoms with Gasteiger partial charge < -0.3 is 10.2 Å². The first-order valence-electron chi connectivity index (χ1n) is 7.06. The van der Waals surface area contributed by atoms with Gasteiger partial charge in [0.25, 0.3) is 0 Å². The molecule has 1 aliphatic heterocycles. The van der Waals surface area contributed by atoms with E-state index in [9.17, 15) is 4.79 Å². The van der Waals surface area contributed by atoms with Crippen LogP contribution in [0.1, 0.15) is 24.3 Å². The van der Waals surface area contributed by atoms with Crippen LogP contribution in [0.5, 0.6) is 0 Å². The number of benzene rings is 1. The van der Waals surface area contributed by atoms with Crippen LogP contribution in [-0.2, 0) is 11.3 Å². The molecule has 1 aromatic heterocycles. The molecule has 2 aromatic rings. The summed E-state index contributed by atoms with van der Waals surface area (Å²) in [7, 11) is 0. The third-order valence-electron chi connectivity index (χ3n) is 3.76. The zero-order valence-electron chi connectivity index (χ0n) is 12.0. The van der Waals surface area contributed by atoms with Crippen LogP contribution in [0.25, 0.3) is 11.5 Å². The van der Waals surface area contributed by atoms with Crippen molar-refractivity contribution in [3.63, 3.8) is 0 Å². The quantitative estimate of drug-likeness (QED) is 0.920. The van der Waals surface area contributed by atoms with E-state index in [1.807, 2.05) is 36.1 Å². The van der Waals surface area contributed by atoms with Crippen molar-refractivity contribution in [2.45, 2.75) is 32.4 Å². The number of carbonyl (C=O) groups excluding carboxylic acids is 1. The van der Waals surface area contributed by atoms with Crippen molar-refractivity contribution in [3.05, 3.63) is 35.7 Å². The molecule has 1 atom stereocenters. The fourth-order valence-corrected chi connectivity index (χ4v) is 2.72. The molecule has 6 nitrogen and oxygen atoms in total. The Morgan fingerprint density at radius 2 is 2.33 bits per heavy atom. The number of likely N-dealkylation sites (tertiary alicyclic amines) is 1. The minimum Gasteiger partial charge on any atom is -0.419 e. The second-order valence-corrected chi connectivity index (χ2v) is 5.40. The predicted molar refractivity (Wildman–Crippen MR) is 77.1 cm³/mol. The summed E-state index contributed by atoms with van der Waals surface area (Å²) in [5, 5.41) is 8.15. The van der Waals surface area contributed by atoms with Crippen molar-refractivity contribution in [3.8, 4) is 11.5 Å². The van der Waals surface area contributed by atoms with Gasteiger partial charge in [0.05, 0.1) is 12.6 Å². The van der Waals surface area contributed by atoms with E-state index in [0.717, 1.165) is 30.5 Å². The number of hydrogen-bond acceptors (Lipinski definition) is 5. The fourth-order valence-electron chi connectivity index (χ4n) is 2.72. The number of nitrogens with two attached hydrogens (primary N) is 1. The van der Waals surface area contributed by atoms with Crippen molar-refractivity contribution in [1.82, 2.24) is 15.1 Å². The van der Waals surface area contributed by atoms with Crippen LogP contribution in [0.2, 0.25) is 0 Å². The van der Waals surface area contributed by atoms with Crippen LogP contribution in [0.4, 0.5) is 0 Å². The molecule has 2 N–H and O–H groups in total. The summed E-state index contributed by atoms with van der Waals surface area (Å²) in [4.78, 5) is 13.4. The SMILES string of the molecule is Cc1cccc(-c2nnc(CN3CCC[C@H]3C(N)=O)o2)c1. The van der Waals surface area contributed by atoms with Crippen LogP contribution in [-0.4, -0.2) is 33.6 Å². The molecule has 1 saturated heterocycles. The summed E-state index contributed by atoms with van der Waals surface area (Å²) in [5.74, 6) is 0.731. The highest BCUT2D eigenvalue weighted by Crippen LogP contribution is 2.22. The van der Waals surface area contributed by atoms with E-state index >= 15 is 0 Å². The third-order valence-corrected chi connectivity index (χ3v) is 3.76. The lowest BCUT2D eigenvalue weighted by Gasteiger charge is -2.19. The van der Waals surface area contributed by atoms with Gasteiger partial charge in [-0.1, -0.05) is 17.7 Å². The summed E-state index contributed by atoms with van der Waals surface area (Å²) in [6.45, 7) is 3.31. The molecule has 1 aliphatic rings. The molecule has 1 aromatic carbocycles. The molecule has 2 heterocycles. The van der Waals surface area contributed by atoms with Gasteiger partial charge in [-0.3, -0.25) is 9.69 Å². The molecular weight excluding hydrogens is 268 g/mol. The molecular formula is C15H18N4O2. The summed E-state index contributed by atoms with van der Waals surface area (Å²) < 4.78 is 5.70. The zero-order valence-corrected chi connectivity index (χ0v) is 12.0. The molecule has 21 heavy (non-hydrogen) atoms. The normalized spacial score (nSPS) is 19.0. The van der Waals surface area contributed by atoms with Crippen molar-refractivity contribution >= 4 is 5.91 Å². The summed E-state index contributed by atoms with van der Waals surface area (Å²) in [6.07, 6.45) is 1.76.